The number of nitrogen functional groups attached to an aromatic ring is 1. The van der Waals surface area contributed by atoms with Crippen LogP contribution in [0.15, 0.2) is 12.4 Å². The van der Waals surface area contributed by atoms with E-state index in [4.69, 9.17) is 5.73 Å². The topological polar surface area (TPSA) is 89.1 Å². The molecule has 3 N–H and O–H groups in total. The summed E-state index contributed by atoms with van der Waals surface area (Å²) in [6.45, 7) is 0.578. The van der Waals surface area contributed by atoms with Gasteiger partial charge in [-0.15, -0.1) is 0 Å². The Labute approximate surface area is 115 Å². The molecular formula is C11H16N6OS. The van der Waals surface area contributed by atoms with Crippen LogP contribution in [-0.2, 0) is 13.6 Å². The van der Waals surface area contributed by atoms with Gasteiger partial charge in [-0.1, -0.05) is 0 Å². The molecule has 0 aromatic carbocycles. The van der Waals surface area contributed by atoms with Crippen LogP contribution in [0.5, 0.6) is 0 Å². The highest BCUT2D eigenvalue weighted by molar-refractivity contribution is 7.11. The maximum absolute atomic E-state index is 11.8. The van der Waals surface area contributed by atoms with Gasteiger partial charge in [-0.2, -0.15) is 4.37 Å². The van der Waals surface area contributed by atoms with Crippen LogP contribution in [0.2, 0.25) is 0 Å². The van der Waals surface area contributed by atoms with Crippen molar-refractivity contribution in [2.45, 2.75) is 6.54 Å². The van der Waals surface area contributed by atoms with Crippen molar-refractivity contribution in [3.63, 3.8) is 0 Å². The molecule has 19 heavy (non-hydrogen) atoms. The van der Waals surface area contributed by atoms with Crippen molar-refractivity contribution in [1.82, 2.24) is 19.2 Å². The number of nitrogens with two attached hydrogens (primary N) is 1. The van der Waals surface area contributed by atoms with Crippen molar-refractivity contribution < 1.29 is 4.79 Å². The largest absolute Gasteiger partial charge is 0.382 e. The highest BCUT2D eigenvalue weighted by Gasteiger charge is 2.21. The third-order valence-electron chi connectivity index (χ3n) is 2.80. The molecule has 0 aliphatic heterocycles. The second-order valence-electron chi connectivity index (χ2n) is 4.14. The first kappa shape index (κ1) is 13.3. The number of imidazole rings is 1. The smallest absolute Gasteiger partial charge is 0.257 e. The Bertz CT molecular complexity index is 590. The SMILES string of the molecule is CNC(=O)c1c(N)nsc1N(C)Cc1nccn1C. The second-order valence-corrected chi connectivity index (χ2v) is 4.89. The Morgan fingerprint density at radius 2 is 2.37 bits per heavy atom. The average Bonchev–Trinajstić information content (AvgIpc) is 2.95. The van der Waals surface area contributed by atoms with E-state index in [2.05, 4.69) is 14.7 Å². The van der Waals surface area contributed by atoms with Crippen molar-refractivity contribution in [2.75, 3.05) is 24.7 Å². The van der Waals surface area contributed by atoms with E-state index in [9.17, 15) is 4.79 Å². The van der Waals surface area contributed by atoms with Crippen LogP contribution in [-0.4, -0.2) is 33.9 Å². The fourth-order valence-electron chi connectivity index (χ4n) is 1.73. The number of aryl methyl sites for hydroxylation is 1. The van der Waals surface area contributed by atoms with Crippen LogP contribution in [0.1, 0.15) is 16.2 Å². The maximum atomic E-state index is 11.8. The third-order valence-corrected chi connectivity index (χ3v) is 3.78. The van der Waals surface area contributed by atoms with E-state index in [0.717, 1.165) is 10.8 Å². The van der Waals surface area contributed by atoms with Crippen LogP contribution in [0.4, 0.5) is 10.8 Å². The Kier molecular flexibility index (Phi) is 3.70. The molecule has 0 atom stereocenters. The molecule has 7 nitrogen and oxygen atoms in total. The predicted octanol–water partition coefficient (Wildman–Crippen LogP) is 0.455. The summed E-state index contributed by atoms with van der Waals surface area (Å²) in [5, 5.41) is 3.31. The van der Waals surface area contributed by atoms with Crippen molar-refractivity contribution in [1.29, 1.82) is 0 Å². The Morgan fingerprint density at radius 1 is 1.63 bits per heavy atom. The molecule has 1 amide bonds. The molecule has 2 aromatic heterocycles. The van der Waals surface area contributed by atoms with Gasteiger partial charge in [0, 0.05) is 33.5 Å². The zero-order chi connectivity index (χ0) is 14.0. The molecule has 102 valence electrons. The molecule has 0 radical (unpaired) electrons. The minimum atomic E-state index is -0.229. The summed E-state index contributed by atoms with van der Waals surface area (Å²) in [6, 6.07) is 0. The molecule has 0 saturated heterocycles. The fraction of sp³-hybridized carbons (Fsp3) is 0.364. The molecule has 0 aliphatic rings. The fourth-order valence-corrected chi connectivity index (χ4v) is 2.49. The standard InChI is InChI=1S/C11H16N6OS/c1-13-10(18)8-9(12)15-19-11(8)17(3)6-7-14-4-5-16(7)2/h4-5H,6H2,1-3H3,(H2,12,15)(H,13,18). The molecular weight excluding hydrogens is 264 g/mol. The van der Waals surface area contributed by atoms with Gasteiger partial charge in [-0.05, 0) is 11.5 Å². The lowest BCUT2D eigenvalue weighted by atomic mass is 10.3. The third kappa shape index (κ3) is 2.53. The minimum Gasteiger partial charge on any atom is -0.382 e. The molecule has 0 bridgehead atoms. The number of carbonyl (C=O) groups excluding carboxylic acids is 1. The van der Waals surface area contributed by atoms with Gasteiger partial charge in [0.25, 0.3) is 5.91 Å². The Balaban J connectivity index is 2.27. The van der Waals surface area contributed by atoms with E-state index in [-0.39, 0.29) is 11.7 Å². The quantitative estimate of drug-likeness (QED) is 0.849. The van der Waals surface area contributed by atoms with E-state index in [1.165, 1.54) is 11.5 Å². The predicted molar refractivity (Wildman–Crippen MR) is 75.2 cm³/mol. The normalized spacial score (nSPS) is 10.5. The van der Waals surface area contributed by atoms with E-state index in [1.54, 1.807) is 13.2 Å². The van der Waals surface area contributed by atoms with Crippen LogP contribution < -0.4 is 16.0 Å². The summed E-state index contributed by atoms with van der Waals surface area (Å²) >= 11 is 1.21. The molecule has 0 saturated carbocycles. The van der Waals surface area contributed by atoms with Crippen LogP contribution in [0, 0.1) is 0 Å². The van der Waals surface area contributed by atoms with Gasteiger partial charge in [0.2, 0.25) is 0 Å². The number of hydrogen-bond acceptors (Lipinski definition) is 6. The van der Waals surface area contributed by atoms with Gasteiger partial charge >= 0.3 is 0 Å². The van der Waals surface area contributed by atoms with Crippen molar-refractivity contribution in [2.24, 2.45) is 7.05 Å². The zero-order valence-corrected chi connectivity index (χ0v) is 11.9. The number of anilines is 2. The summed E-state index contributed by atoms with van der Waals surface area (Å²) < 4.78 is 5.98. The molecule has 2 rings (SSSR count). The highest BCUT2D eigenvalue weighted by atomic mass is 32.1. The summed E-state index contributed by atoms with van der Waals surface area (Å²) in [6.07, 6.45) is 3.62. The average molecular weight is 280 g/mol. The lowest BCUT2D eigenvalue weighted by molar-refractivity contribution is 0.0964. The summed E-state index contributed by atoms with van der Waals surface area (Å²) in [4.78, 5) is 18.0. The molecule has 0 unspecified atom stereocenters. The van der Waals surface area contributed by atoms with Crippen molar-refractivity contribution in [3.05, 3.63) is 23.8 Å². The first-order valence-electron chi connectivity index (χ1n) is 5.69. The zero-order valence-electron chi connectivity index (χ0n) is 11.0. The Hall–Kier alpha value is -2.09. The number of nitrogens with one attached hydrogen (secondary N) is 1. The number of rotatable bonds is 4. The van der Waals surface area contributed by atoms with Gasteiger partial charge in [0.05, 0.1) is 6.54 Å². The van der Waals surface area contributed by atoms with Gasteiger partial charge in [-0.25, -0.2) is 4.98 Å². The van der Waals surface area contributed by atoms with Gasteiger partial charge < -0.3 is 20.5 Å². The monoisotopic (exact) mass is 280 g/mol. The molecule has 0 aliphatic carbocycles. The van der Waals surface area contributed by atoms with E-state index in [0.29, 0.717) is 12.1 Å². The lowest BCUT2D eigenvalue weighted by Crippen LogP contribution is -2.24. The Morgan fingerprint density at radius 3 is 2.95 bits per heavy atom. The van der Waals surface area contributed by atoms with Crippen molar-refractivity contribution in [3.8, 4) is 0 Å². The van der Waals surface area contributed by atoms with E-state index >= 15 is 0 Å². The van der Waals surface area contributed by atoms with E-state index < -0.39 is 0 Å². The first-order valence-corrected chi connectivity index (χ1v) is 6.46. The first-order chi connectivity index (χ1) is 9.04. The maximum Gasteiger partial charge on any atom is 0.257 e. The van der Waals surface area contributed by atoms with Gasteiger partial charge in [-0.3, -0.25) is 4.79 Å². The molecule has 2 aromatic rings. The molecule has 8 heteroatoms. The molecule has 2 heterocycles. The van der Waals surface area contributed by atoms with Crippen LogP contribution in [0.3, 0.4) is 0 Å². The summed E-state index contributed by atoms with van der Waals surface area (Å²) in [7, 11) is 5.38. The minimum absolute atomic E-state index is 0.229. The number of amides is 1. The number of carbonyl (C=O) groups is 1. The highest BCUT2D eigenvalue weighted by Crippen LogP contribution is 2.30. The lowest BCUT2D eigenvalue weighted by Gasteiger charge is -2.17. The summed E-state index contributed by atoms with van der Waals surface area (Å²) in [5.74, 6) is 0.927. The number of aromatic nitrogens is 3. The number of hydrogen-bond donors (Lipinski definition) is 2. The van der Waals surface area contributed by atoms with Gasteiger partial charge in [0.1, 0.15) is 16.4 Å². The number of nitrogens with zero attached hydrogens (tertiary/aromatic N) is 4. The second kappa shape index (κ2) is 5.27. The molecule has 0 fully saturated rings. The molecule has 0 spiro atoms. The van der Waals surface area contributed by atoms with E-state index in [1.807, 2.05) is 29.8 Å². The van der Waals surface area contributed by atoms with Gasteiger partial charge in [0.15, 0.2) is 5.82 Å². The van der Waals surface area contributed by atoms with Crippen LogP contribution in [0.25, 0.3) is 0 Å². The van der Waals surface area contributed by atoms with Crippen LogP contribution >= 0.6 is 11.5 Å². The van der Waals surface area contributed by atoms with Crippen molar-refractivity contribution >= 4 is 28.3 Å². The summed E-state index contributed by atoms with van der Waals surface area (Å²) in [5.41, 5.74) is 6.17.